The van der Waals surface area contributed by atoms with Crippen LogP contribution in [0, 0.1) is 5.41 Å². The molecule has 0 bridgehead atoms. The predicted molar refractivity (Wildman–Crippen MR) is 59.7 cm³/mol. The van der Waals surface area contributed by atoms with Gasteiger partial charge in [0.15, 0.2) is 9.84 Å². The third-order valence-corrected chi connectivity index (χ3v) is 3.55. The number of benzene rings is 1. The van der Waals surface area contributed by atoms with E-state index in [0.29, 0.717) is 0 Å². The highest BCUT2D eigenvalue weighted by atomic mass is 32.2. The Bertz CT molecular complexity index is 492. The zero-order valence-corrected chi connectivity index (χ0v) is 8.92. The smallest absolute Gasteiger partial charge is 0.182 e. The largest absolute Gasteiger partial charge is 0.384 e. The third-order valence-electron chi connectivity index (χ3n) is 1.85. The molecule has 0 amide bonds. The minimum absolute atomic E-state index is 0.0809. The zero-order valence-electron chi connectivity index (χ0n) is 8.10. The summed E-state index contributed by atoms with van der Waals surface area (Å²) in [6.45, 7) is 3.38. The quantitative estimate of drug-likeness (QED) is 0.453. The van der Waals surface area contributed by atoms with Crippen LogP contribution in [-0.4, -0.2) is 20.0 Å². The highest BCUT2D eigenvalue weighted by molar-refractivity contribution is 7.91. The minimum Gasteiger partial charge on any atom is -0.384 e. The summed E-state index contributed by atoms with van der Waals surface area (Å²) in [6.07, 6.45) is 1.31. The number of rotatable bonds is 4. The number of nitrogens with one attached hydrogen (secondary N) is 1. The predicted octanol–water partition coefficient (Wildman–Crippen LogP) is 0.930. The van der Waals surface area contributed by atoms with E-state index in [1.807, 2.05) is 0 Å². The first-order valence-corrected chi connectivity index (χ1v) is 5.91. The van der Waals surface area contributed by atoms with Crippen molar-refractivity contribution in [3.63, 3.8) is 0 Å². The monoisotopic (exact) mass is 224 g/mol. The highest BCUT2D eigenvalue weighted by Crippen LogP contribution is 2.16. The average molecular weight is 224 g/mol. The Morgan fingerprint density at radius 1 is 1.47 bits per heavy atom. The second-order valence-electron chi connectivity index (χ2n) is 2.98. The molecule has 0 aromatic heterocycles. The first kappa shape index (κ1) is 11.5. The van der Waals surface area contributed by atoms with E-state index in [1.54, 1.807) is 12.1 Å². The van der Waals surface area contributed by atoms with Crippen LogP contribution in [0.3, 0.4) is 0 Å². The molecule has 5 heteroatoms. The molecule has 0 heterocycles. The van der Waals surface area contributed by atoms with E-state index in [-0.39, 0.29) is 22.0 Å². The molecule has 0 aliphatic rings. The van der Waals surface area contributed by atoms with Gasteiger partial charge in [0, 0.05) is 5.56 Å². The van der Waals surface area contributed by atoms with Crippen molar-refractivity contribution in [2.24, 2.45) is 5.73 Å². The van der Waals surface area contributed by atoms with E-state index in [1.165, 1.54) is 18.2 Å². The molecule has 15 heavy (non-hydrogen) atoms. The molecule has 0 aliphatic carbocycles. The molecule has 80 valence electrons. The van der Waals surface area contributed by atoms with Gasteiger partial charge in [-0.05, 0) is 12.1 Å². The molecule has 0 fully saturated rings. The molecule has 0 atom stereocenters. The Morgan fingerprint density at radius 2 is 2.07 bits per heavy atom. The van der Waals surface area contributed by atoms with Crippen LogP contribution in [0.2, 0.25) is 0 Å². The summed E-state index contributed by atoms with van der Waals surface area (Å²) in [5, 5.41) is 7.28. The first-order chi connectivity index (χ1) is 6.99. The van der Waals surface area contributed by atoms with Crippen LogP contribution >= 0.6 is 0 Å². The standard InChI is InChI=1S/C10H12N2O2S/c1-2-7-15(13,14)9-6-4-3-5-8(9)10(11)12/h2-6H,1,7H2,(H3,11,12). The molecule has 3 N–H and O–H groups in total. The number of nitrogens with two attached hydrogens (primary N) is 1. The van der Waals surface area contributed by atoms with Gasteiger partial charge >= 0.3 is 0 Å². The zero-order chi connectivity index (χ0) is 11.5. The Morgan fingerprint density at radius 3 is 2.60 bits per heavy atom. The van der Waals surface area contributed by atoms with Gasteiger partial charge in [-0.15, -0.1) is 6.58 Å². The van der Waals surface area contributed by atoms with Gasteiger partial charge in [-0.3, -0.25) is 5.41 Å². The van der Waals surface area contributed by atoms with Gasteiger partial charge in [0.2, 0.25) is 0 Å². The summed E-state index contributed by atoms with van der Waals surface area (Å²) in [6, 6.07) is 6.19. The van der Waals surface area contributed by atoms with Crippen molar-refractivity contribution in [3.8, 4) is 0 Å². The number of hydrogen-bond donors (Lipinski definition) is 2. The molecule has 0 aliphatic heterocycles. The summed E-state index contributed by atoms with van der Waals surface area (Å²) in [5.41, 5.74) is 5.54. The van der Waals surface area contributed by atoms with E-state index in [4.69, 9.17) is 11.1 Å². The summed E-state index contributed by atoms with van der Waals surface area (Å²) < 4.78 is 23.5. The van der Waals surface area contributed by atoms with Crippen LogP contribution in [0.4, 0.5) is 0 Å². The molecule has 0 unspecified atom stereocenters. The molecule has 1 aromatic carbocycles. The lowest BCUT2D eigenvalue weighted by Gasteiger charge is -2.07. The molecular weight excluding hydrogens is 212 g/mol. The fraction of sp³-hybridized carbons (Fsp3) is 0.100. The number of sulfone groups is 1. The average Bonchev–Trinajstić information content (AvgIpc) is 2.17. The third kappa shape index (κ3) is 2.44. The van der Waals surface area contributed by atoms with E-state index < -0.39 is 9.84 Å². The van der Waals surface area contributed by atoms with Crippen LogP contribution in [0.25, 0.3) is 0 Å². The van der Waals surface area contributed by atoms with Crippen molar-refractivity contribution in [2.75, 3.05) is 5.75 Å². The fourth-order valence-corrected chi connectivity index (χ4v) is 2.49. The summed E-state index contributed by atoms with van der Waals surface area (Å²) in [4.78, 5) is 0.0809. The summed E-state index contributed by atoms with van der Waals surface area (Å²) >= 11 is 0. The topological polar surface area (TPSA) is 84.0 Å². The van der Waals surface area contributed by atoms with Crippen molar-refractivity contribution >= 4 is 15.7 Å². The second-order valence-corrected chi connectivity index (χ2v) is 4.98. The van der Waals surface area contributed by atoms with Crippen LogP contribution in [0.5, 0.6) is 0 Å². The second kappa shape index (κ2) is 4.27. The van der Waals surface area contributed by atoms with Gasteiger partial charge in [-0.1, -0.05) is 18.2 Å². The van der Waals surface area contributed by atoms with Gasteiger partial charge in [-0.2, -0.15) is 0 Å². The molecule has 0 saturated carbocycles. The molecule has 1 rings (SSSR count). The fourth-order valence-electron chi connectivity index (χ4n) is 1.21. The number of hydrogen-bond acceptors (Lipinski definition) is 3. The Kier molecular flexibility index (Phi) is 3.26. The lowest BCUT2D eigenvalue weighted by atomic mass is 10.2. The Labute approximate surface area is 88.9 Å². The van der Waals surface area contributed by atoms with E-state index in [2.05, 4.69) is 6.58 Å². The number of amidine groups is 1. The van der Waals surface area contributed by atoms with E-state index in [9.17, 15) is 8.42 Å². The van der Waals surface area contributed by atoms with Gasteiger partial charge in [0.1, 0.15) is 5.84 Å². The minimum atomic E-state index is -3.42. The van der Waals surface area contributed by atoms with Crippen molar-refractivity contribution in [3.05, 3.63) is 42.5 Å². The molecule has 1 aromatic rings. The van der Waals surface area contributed by atoms with Crippen LogP contribution in [0.1, 0.15) is 5.56 Å². The molecule has 4 nitrogen and oxygen atoms in total. The van der Waals surface area contributed by atoms with Crippen molar-refractivity contribution in [2.45, 2.75) is 4.90 Å². The van der Waals surface area contributed by atoms with Gasteiger partial charge < -0.3 is 5.73 Å². The summed E-state index contributed by atoms with van der Waals surface area (Å²) in [7, 11) is -3.42. The highest BCUT2D eigenvalue weighted by Gasteiger charge is 2.17. The summed E-state index contributed by atoms with van der Waals surface area (Å²) in [5.74, 6) is -0.407. The Balaban J connectivity index is 3.37. The number of nitrogen functional groups attached to an aromatic ring is 1. The van der Waals surface area contributed by atoms with E-state index >= 15 is 0 Å². The van der Waals surface area contributed by atoms with Crippen molar-refractivity contribution in [1.82, 2.24) is 0 Å². The van der Waals surface area contributed by atoms with E-state index in [0.717, 1.165) is 0 Å². The SMILES string of the molecule is C=CCS(=O)(=O)c1ccccc1C(=N)N. The van der Waals surface area contributed by atoms with Crippen LogP contribution in [0.15, 0.2) is 41.8 Å². The lowest BCUT2D eigenvalue weighted by Crippen LogP contribution is -2.17. The first-order valence-electron chi connectivity index (χ1n) is 4.26. The maximum Gasteiger partial charge on any atom is 0.182 e. The lowest BCUT2D eigenvalue weighted by molar-refractivity contribution is 0.599. The molecule has 0 spiro atoms. The van der Waals surface area contributed by atoms with Gasteiger partial charge in [0.25, 0.3) is 0 Å². The maximum absolute atomic E-state index is 11.7. The van der Waals surface area contributed by atoms with Crippen molar-refractivity contribution < 1.29 is 8.42 Å². The molecular formula is C10H12N2O2S. The Hall–Kier alpha value is -1.62. The maximum atomic E-state index is 11.7. The van der Waals surface area contributed by atoms with Crippen LogP contribution < -0.4 is 5.73 Å². The van der Waals surface area contributed by atoms with Gasteiger partial charge in [0.05, 0.1) is 10.6 Å². The van der Waals surface area contributed by atoms with Crippen LogP contribution in [-0.2, 0) is 9.84 Å². The molecule has 0 radical (unpaired) electrons. The van der Waals surface area contributed by atoms with Gasteiger partial charge in [-0.25, -0.2) is 8.42 Å². The normalized spacial score (nSPS) is 10.9. The molecule has 0 saturated heterocycles. The van der Waals surface area contributed by atoms with Crippen molar-refractivity contribution in [1.29, 1.82) is 5.41 Å².